The lowest BCUT2D eigenvalue weighted by Crippen LogP contribution is -2.52. The van der Waals surface area contributed by atoms with Crippen molar-refractivity contribution in [3.8, 4) is 0 Å². The van der Waals surface area contributed by atoms with E-state index in [1.165, 1.54) is 6.42 Å². The minimum Gasteiger partial charge on any atom is -0.335 e. The molecule has 0 radical (unpaired) electrons. The van der Waals surface area contributed by atoms with Gasteiger partial charge in [-0.05, 0) is 32.1 Å². The second-order valence-corrected chi connectivity index (χ2v) is 9.70. The quantitative estimate of drug-likeness (QED) is 0.776. The minimum absolute atomic E-state index is 0.0260. The Labute approximate surface area is 148 Å². The summed E-state index contributed by atoms with van der Waals surface area (Å²) in [5.41, 5.74) is 2.86. The number of H-pyrrole nitrogens is 1. The first-order chi connectivity index (χ1) is 12.0. The van der Waals surface area contributed by atoms with Crippen molar-refractivity contribution in [1.82, 2.24) is 20.0 Å². The van der Waals surface area contributed by atoms with E-state index in [1.807, 2.05) is 4.90 Å². The lowest BCUT2D eigenvalue weighted by atomic mass is 10.1. The number of fused-ring (bicyclic) bond motifs is 1. The number of nitrogens with one attached hydrogen (secondary N) is 1. The van der Waals surface area contributed by atoms with Gasteiger partial charge in [0.05, 0.1) is 11.5 Å². The number of piperazine rings is 1. The van der Waals surface area contributed by atoms with E-state index >= 15 is 0 Å². The zero-order chi connectivity index (χ0) is 17.4. The van der Waals surface area contributed by atoms with Crippen molar-refractivity contribution < 1.29 is 13.2 Å². The smallest absolute Gasteiger partial charge is 0.274 e. The molecule has 0 aromatic carbocycles. The summed E-state index contributed by atoms with van der Waals surface area (Å²) in [7, 11) is -2.86. The third-order valence-corrected chi connectivity index (χ3v) is 7.59. The fraction of sp³-hybridized carbons (Fsp3) is 0.765. The predicted molar refractivity (Wildman–Crippen MR) is 94.4 cm³/mol. The van der Waals surface area contributed by atoms with Gasteiger partial charge in [0.1, 0.15) is 0 Å². The standard InChI is InChI=1S/C17H26N4O3S/c22-17(16-14-4-2-1-3-5-15(14)18-19-16)21-9-7-20(8-10-21)13-6-11-25(23,24)12-13/h13H,1-12H2,(H,18,19)/t13-/m0/s1. The molecule has 0 spiro atoms. The summed E-state index contributed by atoms with van der Waals surface area (Å²) in [6.07, 6.45) is 6.14. The van der Waals surface area contributed by atoms with Crippen molar-refractivity contribution in [2.24, 2.45) is 0 Å². The number of rotatable bonds is 2. The van der Waals surface area contributed by atoms with Crippen LogP contribution in [0.5, 0.6) is 0 Å². The maximum absolute atomic E-state index is 12.9. The fourth-order valence-corrected chi connectivity index (χ4v) is 6.10. The highest BCUT2D eigenvalue weighted by molar-refractivity contribution is 7.91. The summed E-state index contributed by atoms with van der Waals surface area (Å²) in [6.45, 7) is 2.80. The first-order valence-corrected chi connectivity index (χ1v) is 11.2. The Morgan fingerprint density at radius 2 is 1.84 bits per heavy atom. The number of nitrogens with zero attached hydrogens (tertiary/aromatic N) is 3. The van der Waals surface area contributed by atoms with Crippen LogP contribution in [0, 0.1) is 0 Å². The molecule has 3 aliphatic rings. The summed E-state index contributed by atoms with van der Waals surface area (Å²) >= 11 is 0. The normalized spacial score (nSPS) is 27.0. The average Bonchev–Trinajstić information content (AvgIpc) is 3.09. The van der Waals surface area contributed by atoms with Crippen LogP contribution in [0.25, 0.3) is 0 Å². The third kappa shape index (κ3) is 3.46. The van der Waals surface area contributed by atoms with Gasteiger partial charge < -0.3 is 4.90 Å². The molecule has 1 atom stereocenters. The Morgan fingerprint density at radius 3 is 2.56 bits per heavy atom. The minimum atomic E-state index is -2.86. The van der Waals surface area contributed by atoms with Gasteiger partial charge in [0.15, 0.2) is 15.5 Å². The SMILES string of the molecule is O=C(c1n[nH]c2c1CCCCC2)N1CCN([C@H]2CCS(=O)(=O)C2)CC1. The van der Waals surface area contributed by atoms with Gasteiger partial charge >= 0.3 is 0 Å². The van der Waals surface area contributed by atoms with Gasteiger partial charge in [0.2, 0.25) is 0 Å². The number of aromatic amines is 1. The maximum Gasteiger partial charge on any atom is 0.274 e. The van der Waals surface area contributed by atoms with Crippen LogP contribution in [0.2, 0.25) is 0 Å². The summed E-state index contributed by atoms with van der Waals surface area (Å²) in [4.78, 5) is 17.0. The number of sulfone groups is 1. The molecule has 7 nitrogen and oxygen atoms in total. The van der Waals surface area contributed by atoms with E-state index in [0.29, 0.717) is 24.5 Å². The Morgan fingerprint density at radius 1 is 1.08 bits per heavy atom. The van der Waals surface area contributed by atoms with Crippen molar-refractivity contribution in [1.29, 1.82) is 0 Å². The largest absolute Gasteiger partial charge is 0.335 e. The zero-order valence-corrected chi connectivity index (χ0v) is 15.4. The van der Waals surface area contributed by atoms with Crippen LogP contribution in [0.15, 0.2) is 0 Å². The Balaban J connectivity index is 1.40. The van der Waals surface area contributed by atoms with E-state index in [2.05, 4.69) is 15.1 Å². The number of aryl methyl sites for hydroxylation is 1. The average molecular weight is 366 g/mol. The fourth-order valence-electron chi connectivity index (χ4n) is 4.34. The van der Waals surface area contributed by atoms with Crippen molar-refractivity contribution in [3.05, 3.63) is 17.0 Å². The molecular weight excluding hydrogens is 340 g/mol. The molecule has 8 heteroatoms. The molecule has 3 heterocycles. The van der Waals surface area contributed by atoms with E-state index in [0.717, 1.165) is 56.5 Å². The molecule has 1 aromatic rings. The van der Waals surface area contributed by atoms with Crippen molar-refractivity contribution >= 4 is 15.7 Å². The third-order valence-electron chi connectivity index (χ3n) is 5.84. The summed E-state index contributed by atoms with van der Waals surface area (Å²) in [5, 5.41) is 7.40. The second kappa shape index (κ2) is 6.72. The molecule has 1 aromatic heterocycles. The second-order valence-electron chi connectivity index (χ2n) is 7.48. The summed E-state index contributed by atoms with van der Waals surface area (Å²) in [5.74, 6) is 0.599. The number of hydrogen-bond donors (Lipinski definition) is 1. The van der Waals surface area contributed by atoms with Crippen LogP contribution >= 0.6 is 0 Å². The molecule has 2 saturated heterocycles. The summed E-state index contributed by atoms with van der Waals surface area (Å²) in [6, 6.07) is 0.129. The van der Waals surface area contributed by atoms with Gasteiger partial charge in [-0.2, -0.15) is 5.10 Å². The van der Waals surface area contributed by atoms with Crippen LogP contribution in [0.1, 0.15) is 47.4 Å². The molecule has 1 aliphatic carbocycles. The van der Waals surface area contributed by atoms with Crippen molar-refractivity contribution in [2.45, 2.75) is 44.6 Å². The van der Waals surface area contributed by atoms with E-state index in [-0.39, 0.29) is 17.7 Å². The topological polar surface area (TPSA) is 86.4 Å². The number of carbonyl (C=O) groups excluding carboxylic acids is 1. The lowest BCUT2D eigenvalue weighted by molar-refractivity contribution is 0.0581. The molecule has 0 saturated carbocycles. The Kier molecular flexibility index (Phi) is 4.58. The maximum atomic E-state index is 12.9. The van der Waals surface area contributed by atoms with Crippen LogP contribution in [0.4, 0.5) is 0 Å². The molecule has 4 rings (SSSR count). The highest BCUT2D eigenvalue weighted by Gasteiger charge is 2.35. The highest BCUT2D eigenvalue weighted by Crippen LogP contribution is 2.24. The number of hydrogen-bond acceptors (Lipinski definition) is 5. The van der Waals surface area contributed by atoms with Crippen LogP contribution in [0.3, 0.4) is 0 Å². The van der Waals surface area contributed by atoms with Gasteiger partial charge in [0, 0.05) is 43.5 Å². The molecule has 25 heavy (non-hydrogen) atoms. The van der Waals surface area contributed by atoms with E-state index in [4.69, 9.17) is 0 Å². The van der Waals surface area contributed by atoms with E-state index < -0.39 is 9.84 Å². The molecule has 138 valence electrons. The van der Waals surface area contributed by atoms with Gasteiger partial charge in [-0.15, -0.1) is 0 Å². The van der Waals surface area contributed by atoms with Crippen molar-refractivity contribution in [2.75, 3.05) is 37.7 Å². The van der Waals surface area contributed by atoms with Crippen LogP contribution in [-0.4, -0.2) is 78.0 Å². The first-order valence-electron chi connectivity index (χ1n) is 9.33. The molecule has 0 bridgehead atoms. The molecule has 2 aliphatic heterocycles. The monoisotopic (exact) mass is 366 g/mol. The number of carbonyl (C=O) groups is 1. The van der Waals surface area contributed by atoms with Crippen molar-refractivity contribution in [3.63, 3.8) is 0 Å². The first kappa shape index (κ1) is 17.0. The molecule has 0 unspecified atom stereocenters. The highest BCUT2D eigenvalue weighted by atomic mass is 32.2. The van der Waals surface area contributed by atoms with Crippen LogP contribution < -0.4 is 0 Å². The van der Waals surface area contributed by atoms with Gasteiger partial charge in [-0.1, -0.05) is 6.42 Å². The van der Waals surface area contributed by atoms with Gasteiger partial charge in [-0.25, -0.2) is 8.42 Å². The zero-order valence-electron chi connectivity index (χ0n) is 14.5. The van der Waals surface area contributed by atoms with Gasteiger partial charge in [0.25, 0.3) is 5.91 Å². The molecule has 1 N–H and O–H groups in total. The molecular formula is C17H26N4O3S. The Hall–Kier alpha value is -1.41. The Bertz CT molecular complexity index is 750. The number of amides is 1. The lowest BCUT2D eigenvalue weighted by Gasteiger charge is -2.37. The number of aromatic nitrogens is 2. The molecule has 2 fully saturated rings. The van der Waals surface area contributed by atoms with E-state index in [9.17, 15) is 13.2 Å². The van der Waals surface area contributed by atoms with Gasteiger partial charge in [-0.3, -0.25) is 14.8 Å². The summed E-state index contributed by atoms with van der Waals surface area (Å²) < 4.78 is 23.3. The van der Waals surface area contributed by atoms with E-state index in [1.54, 1.807) is 0 Å². The van der Waals surface area contributed by atoms with Crippen LogP contribution in [-0.2, 0) is 22.7 Å². The molecule has 1 amide bonds. The predicted octanol–water partition coefficient (Wildman–Crippen LogP) is 0.624.